The van der Waals surface area contributed by atoms with Gasteiger partial charge in [-0.05, 0) is 55.9 Å². The van der Waals surface area contributed by atoms with Crippen molar-refractivity contribution in [3.63, 3.8) is 0 Å². The van der Waals surface area contributed by atoms with Crippen molar-refractivity contribution in [2.45, 2.75) is 57.5 Å². The quantitative estimate of drug-likeness (QED) is 0.826. The minimum Gasteiger partial charge on any atom is -0.351 e. The molecule has 2 rings (SSSR count). The molecule has 0 spiro atoms. The van der Waals surface area contributed by atoms with Gasteiger partial charge in [0.05, 0.1) is 0 Å². The molecule has 2 N–H and O–H groups in total. The average Bonchev–Trinajstić information content (AvgIpc) is 2.33. The molecule has 0 aromatic carbocycles. The number of carbonyl (C=O) groups excluding carboxylic acids is 1. The summed E-state index contributed by atoms with van der Waals surface area (Å²) in [6.45, 7) is 2.31. The van der Waals surface area contributed by atoms with Crippen LogP contribution in [-0.2, 0) is 0 Å². The van der Waals surface area contributed by atoms with Crippen LogP contribution in [0.1, 0.15) is 45.4 Å². The summed E-state index contributed by atoms with van der Waals surface area (Å²) in [5, 5.41) is 0. The maximum Gasteiger partial charge on any atom is 0.315 e. The third kappa shape index (κ3) is 3.30. The summed E-state index contributed by atoms with van der Waals surface area (Å²) in [5.41, 5.74) is 5.61. The fourth-order valence-corrected chi connectivity index (χ4v) is 4.22. The molecular weight excluding hydrogens is 232 g/mol. The molecule has 1 heterocycles. The molecule has 4 heteroatoms. The summed E-state index contributed by atoms with van der Waals surface area (Å²) in [6.07, 6.45) is 7.03. The molecule has 0 unspecified atom stereocenters. The first kappa shape index (κ1) is 13.1. The maximum absolute atomic E-state index is 11.7. The minimum absolute atomic E-state index is 0.193. The number of primary amides is 1. The minimum atomic E-state index is -0.193. The second-order valence-electron chi connectivity index (χ2n) is 5.50. The van der Waals surface area contributed by atoms with E-state index >= 15 is 0 Å². The standard InChI is InChI=1S/C13H24N2OS/c1-10-2-4-11(5-3-10)15(13(14)16)12-6-8-17-9-7-12/h10-12H,2-9H2,1H3,(H2,14,16). The molecule has 0 aromatic heterocycles. The molecule has 98 valence electrons. The zero-order valence-electron chi connectivity index (χ0n) is 10.7. The molecule has 1 saturated heterocycles. The lowest BCUT2D eigenvalue weighted by Crippen LogP contribution is -2.52. The van der Waals surface area contributed by atoms with Gasteiger partial charge in [-0.3, -0.25) is 0 Å². The van der Waals surface area contributed by atoms with Crippen LogP contribution in [0.4, 0.5) is 4.79 Å². The highest BCUT2D eigenvalue weighted by atomic mass is 32.2. The Bertz CT molecular complexity index is 258. The number of hydrogen-bond donors (Lipinski definition) is 1. The molecule has 2 aliphatic rings. The molecule has 2 amide bonds. The molecule has 0 bridgehead atoms. The molecule has 2 fully saturated rings. The van der Waals surface area contributed by atoms with Crippen LogP contribution >= 0.6 is 11.8 Å². The maximum atomic E-state index is 11.7. The van der Waals surface area contributed by atoms with Crippen LogP contribution in [0.25, 0.3) is 0 Å². The summed E-state index contributed by atoms with van der Waals surface area (Å²) in [5.74, 6) is 3.18. The van der Waals surface area contributed by atoms with E-state index in [9.17, 15) is 4.79 Å². The van der Waals surface area contributed by atoms with Gasteiger partial charge in [0, 0.05) is 12.1 Å². The zero-order chi connectivity index (χ0) is 12.3. The van der Waals surface area contributed by atoms with Gasteiger partial charge in [0.2, 0.25) is 0 Å². The Kier molecular flexibility index (Phi) is 4.60. The Balaban J connectivity index is 1.98. The van der Waals surface area contributed by atoms with Gasteiger partial charge in [-0.25, -0.2) is 4.79 Å². The fraction of sp³-hybridized carbons (Fsp3) is 0.923. The molecule has 1 aliphatic heterocycles. The third-order valence-electron chi connectivity index (χ3n) is 4.22. The number of nitrogens with two attached hydrogens (primary N) is 1. The molecule has 1 saturated carbocycles. The first-order chi connectivity index (χ1) is 8.18. The van der Waals surface area contributed by atoms with Gasteiger partial charge in [-0.1, -0.05) is 6.92 Å². The van der Waals surface area contributed by atoms with Gasteiger partial charge >= 0.3 is 6.03 Å². The number of urea groups is 1. The SMILES string of the molecule is CC1CCC(N(C(N)=O)C2CCSCC2)CC1. The lowest BCUT2D eigenvalue weighted by atomic mass is 9.86. The molecule has 17 heavy (non-hydrogen) atoms. The van der Waals surface area contributed by atoms with Crippen LogP contribution in [-0.4, -0.2) is 34.5 Å². The summed E-state index contributed by atoms with van der Waals surface area (Å²) in [6, 6.07) is 0.630. The van der Waals surface area contributed by atoms with Crippen LogP contribution in [0.5, 0.6) is 0 Å². The van der Waals surface area contributed by atoms with E-state index in [4.69, 9.17) is 5.73 Å². The summed E-state index contributed by atoms with van der Waals surface area (Å²) >= 11 is 2.00. The van der Waals surface area contributed by atoms with Crippen molar-refractivity contribution >= 4 is 17.8 Å². The smallest absolute Gasteiger partial charge is 0.315 e. The van der Waals surface area contributed by atoms with E-state index in [-0.39, 0.29) is 6.03 Å². The van der Waals surface area contributed by atoms with Crippen LogP contribution < -0.4 is 5.73 Å². The van der Waals surface area contributed by atoms with Crippen LogP contribution in [0.15, 0.2) is 0 Å². The lowest BCUT2D eigenvalue weighted by Gasteiger charge is -2.41. The van der Waals surface area contributed by atoms with Crippen molar-refractivity contribution in [3.8, 4) is 0 Å². The second-order valence-corrected chi connectivity index (χ2v) is 6.73. The number of amides is 2. The number of hydrogen-bond acceptors (Lipinski definition) is 2. The Morgan fingerprint density at radius 3 is 2.12 bits per heavy atom. The normalized spacial score (nSPS) is 31.1. The summed E-state index contributed by atoms with van der Waals surface area (Å²) < 4.78 is 0. The van der Waals surface area contributed by atoms with Crippen LogP contribution in [0.2, 0.25) is 0 Å². The molecule has 3 nitrogen and oxygen atoms in total. The predicted octanol–water partition coefficient (Wildman–Crippen LogP) is 2.84. The highest BCUT2D eigenvalue weighted by Crippen LogP contribution is 2.31. The van der Waals surface area contributed by atoms with Crippen molar-refractivity contribution < 1.29 is 4.79 Å². The first-order valence-corrected chi connectivity index (χ1v) is 7.99. The second kappa shape index (κ2) is 5.98. The van der Waals surface area contributed by atoms with Crippen LogP contribution in [0, 0.1) is 5.92 Å². The van der Waals surface area contributed by atoms with Gasteiger partial charge in [0.25, 0.3) is 0 Å². The summed E-state index contributed by atoms with van der Waals surface area (Å²) in [7, 11) is 0. The Hall–Kier alpha value is -0.380. The van der Waals surface area contributed by atoms with E-state index in [0.29, 0.717) is 12.1 Å². The van der Waals surface area contributed by atoms with E-state index < -0.39 is 0 Å². The average molecular weight is 256 g/mol. The van der Waals surface area contributed by atoms with Gasteiger partial charge in [-0.2, -0.15) is 11.8 Å². The van der Waals surface area contributed by atoms with E-state index in [1.54, 1.807) is 0 Å². The monoisotopic (exact) mass is 256 g/mol. The Morgan fingerprint density at radius 2 is 1.59 bits per heavy atom. The first-order valence-electron chi connectivity index (χ1n) is 6.84. The number of rotatable bonds is 2. The topological polar surface area (TPSA) is 46.3 Å². The van der Waals surface area contributed by atoms with Crippen molar-refractivity contribution in [2.24, 2.45) is 11.7 Å². The Morgan fingerprint density at radius 1 is 1.06 bits per heavy atom. The van der Waals surface area contributed by atoms with Gasteiger partial charge in [0.1, 0.15) is 0 Å². The van der Waals surface area contributed by atoms with Gasteiger partial charge in [0.15, 0.2) is 0 Å². The van der Waals surface area contributed by atoms with E-state index in [1.165, 1.54) is 24.3 Å². The van der Waals surface area contributed by atoms with Crippen LogP contribution in [0.3, 0.4) is 0 Å². The third-order valence-corrected chi connectivity index (χ3v) is 5.27. The predicted molar refractivity (Wildman–Crippen MR) is 73.2 cm³/mol. The molecule has 0 atom stereocenters. The fourth-order valence-electron chi connectivity index (χ4n) is 3.14. The van der Waals surface area contributed by atoms with E-state index in [2.05, 4.69) is 6.92 Å². The lowest BCUT2D eigenvalue weighted by molar-refractivity contribution is 0.116. The Labute approximate surface area is 108 Å². The zero-order valence-corrected chi connectivity index (χ0v) is 11.5. The highest BCUT2D eigenvalue weighted by Gasteiger charge is 2.32. The molecule has 1 aliphatic carbocycles. The van der Waals surface area contributed by atoms with E-state index in [1.807, 2.05) is 16.7 Å². The number of nitrogens with zero attached hydrogens (tertiary/aromatic N) is 1. The number of carbonyl (C=O) groups is 1. The molecule has 0 aromatic rings. The van der Waals surface area contributed by atoms with Gasteiger partial charge in [-0.15, -0.1) is 0 Å². The van der Waals surface area contributed by atoms with Crippen molar-refractivity contribution in [1.82, 2.24) is 4.90 Å². The van der Waals surface area contributed by atoms with Crippen molar-refractivity contribution in [1.29, 1.82) is 0 Å². The largest absolute Gasteiger partial charge is 0.351 e. The van der Waals surface area contributed by atoms with Gasteiger partial charge < -0.3 is 10.6 Å². The van der Waals surface area contributed by atoms with E-state index in [0.717, 1.165) is 31.6 Å². The molecular formula is C13H24N2OS. The molecule has 0 radical (unpaired) electrons. The number of thioether (sulfide) groups is 1. The highest BCUT2D eigenvalue weighted by molar-refractivity contribution is 7.99. The van der Waals surface area contributed by atoms with Crippen molar-refractivity contribution in [3.05, 3.63) is 0 Å². The van der Waals surface area contributed by atoms with Crippen molar-refractivity contribution in [2.75, 3.05) is 11.5 Å². The summed E-state index contributed by atoms with van der Waals surface area (Å²) in [4.78, 5) is 13.7.